The molecule has 5 nitrogen and oxygen atoms in total. The first-order valence-electron chi connectivity index (χ1n) is 9.08. The summed E-state index contributed by atoms with van der Waals surface area (Å²) in [4.78, 5) is 23.6. The van der Waals surface area contributed by atoms with Gasteiger partial charge in [-0.1, -0.05) is 25.5 Å². The largest absolute Gasteiger partial charge is 0.494 e. The number of hydrogen-bond acceptors (Lipinski definition) is 5. The molecule has 0 bridgehead atoms. The van der Waals surface area contributed by atoms with E-state index in [0.29, 0.717) is 17.9 Å². The van der Waals surface area contributed by atoms with Crippen LogP contribution in [-0.4, -0.2) is 31.0 Å². The van der Waals surface area contributed by atoms with Crippen molar-refractivity contribution in [3.05, 3.63) is 65.7 Å². The number of rotatable bonds is 10. The van der Waals surface area contributed by atoms with E-state index in [0.717, 1.165) is 24.2 Å². The van der Waals surface area contributed by atoms with Crippen LogP contribution in [-0.2, 0) is 9.53 Å². The fraction of sp³-hybridized carbons (Fsp3) is 0.273. The van der Waals surface area contributed by atoms with Crippen LogP contribution in [0.4, 0.5) is 0 Å². The van der Waals surface area contributed by atoms with Crippen LogP contribution in [0.2, 0.25) is 0 Å². The Balaban J connectivity index is 1.85. The molecule has 0 saturated carbocycles. The first-order chi connectivity index (χ1) is 13.6. The summed E-state index contributed by atoms with van der Waals surface area (Å²) in [6.45, 7) is 2.96. The lowest BCUT2D eigenvalue weighted by Gasteiger charge is -2.05. The summed E-state index contributed by atoms with van der Waals surface area (Å²) in [5.74, 6) is 0.393. The summed E-state index contributed by atoms with van der Waals surface area (Å²) < 4.78 is 15.7. The van der Waals surface area contributed by atoms with E-state index in [4.69, 9.17) is 25.8 Å². The third-order valence-corrected chi connectivity index (χ3v) is 3.83. The fourth-order valence-corrected chi connectivity index (χ4v) is 2.27. The third kappa shape index (κ3) is 7.45. The molecular formula is C22H23ClO5. The second kappa shape index (κ2) is 11.8. The number of ether oxygens (including phenoxy) is 3. The topological polar surface area (TPSA) is 61.8 Å². The number of benzene rings is 2. The monoisotopic (exact) mass is 402 g/mol. The highest BCUT2D eigenvalue weighted by atomic mass is 35.5. The molecule has 0 atom stereocenters. The average molecular weight is 403 g/mol. The van der Waals surface area contributed by atoms with Crippen molar-refractivity contribution in [3.8, 4) is 11.5 Å². The summed E-state index contributed by atoms with van der Waals surface area (Å²) in [5, 5.41) is 0. The minimum atomic E-state index is -0.513. The molecule has 148 valence electrons. The SMILES string of the molecule is CCCCOc1ccc(/C=C/C(=O)Oc2ccc(C(=O)OCCCl)cc2)cc1. The van der Waals surface area contributed by atoms with Crippen molar-refractivity contribution in [1.82, 2.24) is 0 Å². The van der Waals surface area contributed by atoms with Gasteiger partial charge in [-0.05, 0) is 54.5 Å². The van der Waals surface area contributed by atoms with E-state index in [1.54, 1.807) is 6.08 Å². The van der Waals surface area contributed by atoms with Crippen molar-refractivity contribution in [1.29, 1.82) is 0 Å². The van der Waals surface area contributed by atoms with Gasteiger partial charge in [0.15, 0.2) is 0 Å². The van der Waals surface area contributed by atoms with Gasteiger partial charge in [0.1, 0.15) is 18.1 Å². The van der Waals surface area contributed by atoms with E-state index in [9.17, 15) is 9.59 Å². The van der Waals surface area contributed by atoms with Crippen molar-refractivity contribution < 1.29 is 23.8 Å². The summed E-state index contributed by atoms with van der Waals surface area (Å²) in [6.07, 6.45) is 5.11. The number of unbranched alkanes of at least 4 members (excludes halogenated alkanes) is 1. The molecule has 0 aliphatic heterocycles. The zero-order valence-corrected chi connectivity index (χ0v) is 16.5. The van der Waals surface area contributed by atoms with Gasteiger partial charge in [0.25, 0.3) is 0 Å². The second-order valence-corrected chi connectivity index (χ2v) is 6.25. The highest BCUT2D eigenvalue weighted by Crippen LogP contribution is 2.15. The van der Waals surface area contributed by atoms with Crippen LogP contribution < -0.4 is 9.47 Å². The van der Waals surface area contributed by atoms with Gasteiger partial charge in [-0.3, -0.25) is 0 Å². The highest BCUT2D eigenvalue weighted by molar-refractivity contribution is 6.18. The minimum Gasteiger partial charge on any atom is -0.494 e. The van der Waals surface area contributed by atoms with Gasteiger partial charge < -0.3 is 14.2 Å². The summed E-state index contributed by atoms with van der Waals surface area (Å²) in [5.41, 5.74) is 1.22. The molecule has 0 unspecified atom stereocenters. The number of halogens is 1. The first kappa shape index (κ1) is 21.5. The number of esters is 2. The quantitative estimate of drug-likeness (QED) is 0.186. The van der Waals surface area contributed by atoms with E-state index >= 15 is 0 Å². The van der Waals surface area contributed by atoms with Gasteiger partial charge >= 0.3 is 11.9 Å². The first-order valence-corrected chi connectivity index (χ1v) is 9.61. The van der Waals surface area contributed by atoms with Gasteiger partial charge in [-0.25, -0.2) is 9.59 Å². The smallest absolute Gasteiger partial charge is 0.338 e. The van der Waals surface area contributed by atoms with Crippen molar-refractivity contribution in [3.63, 3.8) is 0 Å². The van der Waals surface area contributed by atoms with E-state index in [-0.39, 0.29) is 12.5 Å². The summed E-state index contributed by atoms with van der Waals surface area (Å²) in [6, 6.07) is 13.6. The van der Waals surface area contributed by atoms with Gasteiger partial charge in [-0.2, -0.15) is 0 Å². The predicted octanol–water partition coefficient (Wildman–Crippen LogP) is 4.88. The molecule has 0 N–H and O–H groups in total. The minimum absolute atomic E-state index is 0.147. The van der Waals surface area contributed by atoms with Gasteiger partial charge in [0.2, 0.25) is 0 Å². The van der Waals surface area contributed by atoms with Crippen molar-refractivity contribution in [2.75, 3.05) is 19.1 Å². The molecule has 0 radical (unpaired) electrons. The van der Waals surface area contributed by atoms with Crippen LogP contribution >= 0.6 is 11.6 Å². The van der Waals surface area contributed by atoms with Crippen LogP contribution in [0.25, 0.3) is 6.08 Å². The fourth-order valence-electron chi connectivity index (χ4n) is 2.20. The van der Waals surface area contributed by atoms with Crippen LogP contribution in [0.3, 0.4) is 0 Å². The molecule has 2 aromatic rings. The molecular weight excluding hydrogens is 380 g/mol. The average Bonchev–Trinajstić information content (AvgIpc) is 2.72. The normalized spacial score (nSPS) is 10.6. The Morgan fingerprint density at radius 1 is 0.964 bits per heavy atom. The predicted molar refractivity (Wildman–Crippen MR) is 109 cm³/mol. The molecule has 6 heteroatoms. The van der Waals surface area contributed by atoms with Crippen LogP contribution in [0.15, 0.2) is 54.6 Å². The Kier molecular flexibility index (Phi) is 9.08. The maximum atomic E-state index is 11.9. The molecule has 2 aromatic carbocycles. The van der Waals surface area contributed by atoms with Crippen molar-refractivity contribution in [2.45, 2.75) is 19.8 Å². The van der Waals surface area contributed by atoms with Crippen LogP contribution in [0, 0.1) is 0 Å². The van der Waals surface area contributed by atoms with Crippen molar-refractivity contribution >= 4 is 29.6 Å². The van der Waals surface area contributed by atoms with E-state index in [1.807, 2.05) is 24.3 Å². The van der Waals surface area contributed by atoms with Crippen LogP contribution in [0.1, 0.15) is 35.7 Å². The number of alkyl halides is 1. The standard InChI is InChI=1S/C22H23ClO5/c1-2-3-15-26-19-9-4-17(5-10-19)6-13-21(24)28-20-11-7-18(8-12-20)22(25)27-16-14-23/h4-13H,2-3,14-16H2,1H3/b13-6+. The lowest BCUT2D eigenvalue weighted by molar-refractivity contribution is -0.128. The van der Waals surface area contributed by atoms with Crippen molar-refractivity contribution in [2.24, 2.45) is 0 Å². The molecule has 0 aliphatic carbocycles. The Bertz CT molecular complexity index is 782. The van der Waals surface area contributed by atoms with Gasteiger partial charge in [0.05, 0.1) is 18.1 Å². The molecule has 0 amide bonds. The molecule has 0 aromatic heterocycles. The zero-order chi connectivity index (χ0) is 20.2. The van der Waals surface area contributed by atoms with Gasteiger partial charge in [-0.15, -0.1) is 11.6 Å². The Morgan fingerprint density at radius 2 is 1.64 bits per heavy atom. The van der Waals surface area contributed by atoms with E-state index < -0.39 is 11.9 Å². The Labute approximate surface area is 169 Å². The molecule has 0 saturated heterocycles. The summed E-state index contributed by atoms with van der Waals surface area (Å²) in [7, 11) is 0. The number of carbonyl (C=O) groups excluding carboxylic acids is 2. The lowest BCUT2D eigenvalue weighted by atomic mass is 10.2. The molecule has 0 heterocycles. The molecule has 0 aliphatic rings. The molecule has 28 heavy (non-hydrogen) atoms. The second-order valence-electron chi connectivity index (χ2n) is 5.87. The third-order valence-electron chi connectivity index (χ3n) is 3.68. The van der Waals surface area contributed by atoms with Gasteiger partial charge in [0, 0.05) is 6.08 Å². The maximum Gasteiger partial charge on any atom is 0.338 e. The van der Waals surface area contributed by atoms with E-state index in [1.165, 1.54) is 30.3 Å². The Morgan fingerprint density at radius 3 is 2.29 bits per heavy atom. The molecule has 2 rings (SSSR count). The maximum absolute atomic E-state index is 11.9. The number of hydrogen-bond donors (Lipinski definition) is 0. The number of carbonyl (C=O) groups is 2. The van der Waals surface area contributed by atoms with E-state index in [2.05, 4.69) is 6.92 Å². The molecule has 0 spiro atoms. The van der Waals surface area contributed by atoms with Crippen LogP contribution in [0.5, 0.6) is 11.5 Å². The molecule has 0 fully saturated rings. The summed E-state index contributed by atoms with van der Waals surface area (Å²) >= 11 is 5.48. The zero-order valence-electron chi connectivity index (χ0n) is 15.7. The highest BCUT2D eigenvalue weighted by Gasteiger charge is 2.08. The lowest BCUT2D eigenvalue weighted by Crippen LogP contribution is -2.07. The Hall–Kier alpha value is -2.79.